The first-order valence-corrected chi connectivity index (χ1v) is 10.7. The quantitative estimate of drug-likeness (QED) is 0.608. The van der Waals surface area contributed by atoms with Crippen molar-refractivity contribution in [3.63, 3.8) is 0 Å². The van der Waals surface area contributed by atoms with Crippen molar-refractivity contribution in [2.24, 2.45) is 0 Å². The van der Waals surface area contributed by atoms with E-state index in [-0.39, 0.29) is 43.9 Å². The van der Waals surface area contributed by atoms with E-state index in [1.54, 1.807) is 0 Å². The summed E-state index contributed by atoms with van der Waals surface area (Å²) in [5.41, 5.74) is 0.330. The van der Waals surface area contributed by atoms with Crippen LogP contribution in [0.2, 0.25) is 10.0 Å². The first kappa shape index (κ1) is 21.8. The zero-order chi connectivity index (χ0) is 20.4. The highest BCUT2D eigenvalue weighted by Gasteiger charge is 2.24. The number of sulfonamides is 1. The van der Waals surface area contributed by atoms with E-state index < -0.39 is 10.0 Å². The third kappa shape index (κ3) is 5.28. The summed E-state index contributed by atoms with van der Waals surface area (Å²) in [5.74, 6) is -0.248. The average molecular weight is 496 g/mol. The van der Waals surface area contributed by atoms with Crippen molar-refractivity contribution >= 4 is 60.7 Å². The molecule has 0 bridgehead atoms. The molecule has 0 atom stereocenters. The van der Waals surface area contributed by atoms with Gasteiger partial charge in [0, 0.05) is 16.6 Å². The van der Waals surface area contributed by atoms with Gasteiger partial charge in [0.1, 0.15) is 4.90 Å². The van der Waals surface area contributed by atoms with Crippen LogP contribution in [0.1, 0.15) is 24.2 Å². The average Bonchev–Trinajstić information content (AvgIpc) is 2.55. The van der Waals surface area contributed by atoms with Gasteiger partial charge < -0.3 is 10.1 Å². The van der Waals surface area contributed by atoms with Gasteiger partial charge in [-0.2, -0.15) is 0 Å². The molecule has 0 saturated heterocycles. The lowest BCUT2D eigenvalue weighted by Gasteiger charge is -2.15. The number of hydrogen-bond donors (Lipinski definition) is 2. The first-order chi connectivity index (χ1) is 12.5. The molecule has 0 fully saturated rings. The third-order valence-electron chi connectivity index (χ3n) is 3.36. The Bertz CT molecular complexity index is 981. The molecule has 0 aromatic heterocycles. The molecule has 0 unspecified atom stereocenters. The molecule has 146 valence electrons. The van der Waals surface area contributed by atoms with E-state index in [4.69, 9.17) is 27.9 Å². The molecule has 0 heterocycles. The summed E-state index contributed by atoms with van der Waals surface area (Å²) in [6.45, 7) is 3.64. The summed E-state index contributed by atoms with van der Waals surface area (Å²) in [6.07, 6.45) is 0. The van der Waals surface area contributed by atoms with Crippen molar-refractivity contribution in [2.75, 3.05) is 11.8 Å². The summed E-state index contributed by atoms with van der Waals surface area (Å²) in [5, 5.41) is 3.08. The number of halogens is 3. The van der Waals surface area contributed by atoms with Gasteiger partial charge in [-0.15, -0.1) is 0 Å². The van der Waals surface area contributed by atoms with Gasteiger partial charge in [0.2, 0.25) is 0 Å². The minimum Gasteiger partial charge on any atom is -0.494 e. The van der Waals surface area contributed by atoms with Crippen LogP contribution >= 0.6 is 39.1 Å². The van der Waals surface area contributed by atoms with Gasteiger partial charge in [0.05, 0.1) is 22.3 Å². The summed E-state index contributed by atoms with van der Waals surface area (Å²) >= 11 is 15.3. The molecule has 0 spiro atoms. The Hall–Kier alpha value is -1.48. The molecule has 0 aliphatic carbocycles. The van der Waals surface area contributed by atoms with E-state index >= 15 is 0 Å². The second-order valence-corrected chi connectivity index (χ2v) is 9.20. The van der Waals surface area contributed by atoms with Gasteiger partial charge in [-0.05, 0) is 60.1 Å². The van der Waals surface area contributed by atoms with Crippen LogP contribution in [0, 0.1) is 0 Å². The Morgan fingerprint density at radius 1 is 1.19 bits per heavy atom. The fourth-order valence-electron chi connectivity index (χ4n) is 2.22. The highest BCUT2D eigenvalue weighted by atomic mass is 79.9. The van der Waals surface area contributed by atoms with E-state index in [9.17, 15) is 13.2 Å². The maximum atomic E-state index is 12.9. The molecule has 0 saturated carbocycles. The molecule has 1 amide bonds. The van der Waals surface area contributed by atoms with Crippen LogP contribution in [-0.4, -0.2) is 27.5 Å². The molecule has 2 aromatic carbocycles. The van der Waals surface area contributed by atoms with Gasteiger partial charge >= 0.3 is 0 Å². The van der Waals surface area contributed by atoms with Crippen LogP contribution in [0.25, 0.3) is 0 Å². The normalized spacial score (nSPS) is 11.4. The molecule has 0 aliphatic rings. The number of carbonyl (C=O) groups is 1. The van der Waals surface area contributed by atoms with Crippen LogP contribution < -0.4 is 14.8 Å². The number of nitrogens with one attached hydrogen (secondary N) is 2. The van der Waals surface area contributed by atoms with Crippen LogP contribution in [0.5, 0.6) is 5.75 Å². The second-order valence-electron chi connectivity index (χ2n) is 5.85. The summed E-state index contributed by atoms with van der Waals surface area (Å²) in [4.78, 5) is 12.0. The Balaban J connectivity index is 2.46. The number of methoxy groups -OCH3 is 1. The predicted molar refractivity (Wildman–Crippen MR) is 111 cm³/mol. The second kappa shape index (κ2) is 8.68. The molecule has 10 heteroatoms. The van der Waals surface area contributed by atoms with Crippen LogP contribution in [-0.2, 0) is 10.0 Å². The van der Waals surface area contributed by atoms with Crippen molar-refractivity contribution in [2.45, 2.75) is 24.8 Å². The van der Waals surface area contributed by atoms with Crippen molar-refractivity contribution < 1.29 is 17.9 Å². The number of ether oxygens (including phenoxy) is 1. The third-order valence-corrected chi connectivity index (χ3v) is 5.87. The zero-order valence-corrected chi connectivity index (χ0v) is 18.6. The van der Waals surface area contributed by atoms with E-state index in [0.29, 0.717) is 4.47 Å². The molecule has 2 aromatic rings. The molecule has 0 aliphatic heterocycles. The highest BCUT2D eigenvalue weighted by molar-refractivity contribution is 9.10. The van der Waals surface area contributed by atoms with Crippen LogP contribution in [0.4, 0.5) is 5.69 Å². The molecule has 0 radical (unpaired) electrons. The minimum atomic E-state index is -4.09. The Morgan fingerprint density at radius 2 is 1.85 bits per heavy atom. The lowest BCUT2D eigenvalue weighted by Crippen LogP contribution is -2.30. The number of benzene rings is 2. The van der Waals surface area contributed by atoms with Crippen molar-refractivity contribution in [3.05, 3.63) is 50.4 Å². The topological polar surface area (TPSA) is 84.5 Å². The maximum Gasteiger partial charge on any atom is 0.265 e. The monoisotopic (exact) mass is 494 g/mol. The molecule has 2 rings (SSSR count). The number of amides is 1. The van der Waals surface area contributed by atoms with Gasteiger partial charge in [-0.3, -0.25) is 9.52 Å². The summed E-state index contributed by atoms with van der Waals surface area (Å²) < 4.78 is 33.7. The molecule has 2 N–H and O–H groups in total. The Morgan fingerprint density at radius 3 is 2.44 bits per heavy atom. The fourth-order valence-corrected chi connectivity index (χ4v) is 4.90. The SMILES string of the molecule is COc1c(Br)cc(Cl)cc1S(=O)(=O)Nc1cc(C(=O)NC(C)C)ccc1Cl. The Labute approximate surface area is 176 Å². The van der Waals surface area contributed by atoms with E-state index in [1.807, 2.05) is 13.8 Å². The molecular weight excluding hydrogens is 479 g/mol. The first-order valence-electron chi connectivity index (χ1n) is 7.71. The van der Waals surface area contributed by atoms with E-state index in [1.165, 1.54) is 37.4 Å². The van der Waals surface area contributed by atoms with Crippen LogP contribution in [0.15, 0.2) is 39.7 Å². The van der Waals surface area contributed by atoms with Crippen molar-refractivity contribution in [1.82, 2.24) is 5.32 Å². The van der Waals surface area contributed by atoms with Gasteiger partial charge in [-0.1, -0.05) is 23.2 Å². The van der Waals surface area contributed by atoms with Crippen molar-refractivity contribution in [3.8, 4) is 5.75 Å². The highest BCUT2D eigenvalue weighted by Crippen LogP contribution is 2.37. The summed E-state index contributed by atoms with van der Waals surface area (Å²) in [7, 11) is -2.75. The number of hydrogen-bond acceptors (Lipinski definition) is 4. The van der Waals surface area contributed by atoms with Crippen LogP contribution in [0.3, 0.4) is 0 Å². The maximum absolute atomic E-state index is 12.9. The minimum absolute atomic E-state index is 0.0613. The Kier molecular flexibility index (Phi) is 7.02. The van der Waals surface area contributed by atoms with Gasteiger partial charge in [0.25, 0.3) is 15.9 Å². The predicted octanol–water partition coefficient (Wildman–Crippen LogP) is 4.70. The zero-order valence-electron chi connectivity index (χ0n) is 14.6. The smallest absolute Gasteiger partial charge is 0.265 e. The summed E-state index contributed by atoms with van der Waals surface area (Å²) in [6, 6.07) is 7.03. The number of carbonyl (C=O) groups excluding carboxylic acids is 1. The van der Waals surface area contributed by atoms with Crippen molar-refractivity contribution in [1.29, 1.82) is 0 Å². The number of rotatable bonds is 6. The van der Waals surface area contributed by atoms with E-state index in [0.717, 1.165) is 0 Å². The lowest BCUT2D eigenvalue weighted by atomic mass is 10.2. The van der Waals surface area contributed by atoms with Gasteiger partial charge in [0.15, 0.2) is 5.75 Å². The molecule has 6 nitrogen and oxygen atoms in total. The fraction of sp³-hybridized carbons (Fsp3) is 0.235. The number of anilines is 1. The van der Waals surface area contributed by atoms with Gasteiger partial charge in [-0.25, -0.2) is 8.42 Å². The molecular formula is C17H17BrCl2N2O4S. The molecule has 27 heavy (non-hydrogen) atoms. The van der Waals surface area contributed by atoms with E-state index in [2.05, 4.69) is 26.0 Å². The lowest BCUT2D eigenvalue weighted by molar-refractivity contribution is 0.0943. The largest absolute Gasteiger partial charge is 0.494 e. The standard InChI is InChI=1S/C17H17BrCl2N2O4S/c1-9(2)21-17(23)10-4-5-13(20)14(6-10)22-27(24,25)15-8-11(19)7-12(18)16(15)26-3/h4-9,22H,1-3H3,(H,21,23).